The van der Waals surface area contributed by atoms with Crippen LogP contribution in [0.3, 0.4) is 0 Å². The third-order valence-electron chi connectivity index (χ3n) is 3.35. The van der Waals surface area contributed by atoms with Gasteiger partial charge in [-0.15, -0.1) is 0 Å². The Hall–Kier alpha value is -2.21. The molecule has 3 aromatic heterocycles. The van der Waals surface area contributed by atoms with Crippen molar-refractivity contribution in [3.05, 3.63) is 58.2 Å². The predicted molar refractivity (Wildman–Crippen MR) is 89.2 cm³/mol. The first-order chi connectivity index (χ1) is 10.6. The lowest BCUT2D eigenvalue weighted by molar-refractivity contribution is 0.102. The summed E-state index contributed by atoms with van der Waals surface area (Å²) in [6.07, 6.45) is 5.89. The zero-order valence-corrected chi connectivity index (χ0v) is 13.9. The van der Waals surface area contributed by atoms with Crippen LogP contribution in [-0.2, 0) is 6.42 Å². The van der Waals surface area contributed by atoms with Crippen molar-refractivity contribution >= 4 is 33.2 Å². The normalized spacial score (nSPS) is 10.9. The summed E-state index contributed by atoms with van der Waals surface area (Å²) >= 11 is 3.52. The molecular formula is C16H15BrN4O. The maximum Gasteiger partial charge on any atom is 0.274 e. The lowest BCUT2D eigenvalue weighted by Crippen LogP contribution is -2.16. The number of anilines is 1. The summed E-state index contributed by atoms with van der Waals surface area (Å²) in [5, 5.41) is 2.87. The van der Waals surface area contributed by atoms with Gasteiger partial charge in [0.1, 0.15) is 5.69 Å². The molecule has 0 aliphatic heterocycles. The summed E-state index contributed by atoms with van der Waals surface area (Å²) in [4.78, 5) is 21.3. The Morgan fingerprint density at radius 2 is 2.27 bits per heavy atom. The van der Waals surface area contributed by atoms with Gasteiger partial charge in [0.25, 0.3) is 5.91 Å². The van der Waals surface area contributed by atoms with Crippen molar-refractivity contribution < 1.29 is 4.79 Å². The fraction of sp³-hybridized carbons (Fsp3) is 0.188. The van der Waals surface area contributed by atoms with Gasteiger partial charge in [-0.05, 0) is 53.0 Å². The molecule has 0 saturated carbocycles. The van der Waals surface area contributed by atoms with E-state index in [1.165, 1.54) is 0 Å². The number of carbonyl (C=O) groups excluding carboxylic acids is 1. The van der Waals surface area contributed by atoms with E-state index in [0.29, 0.717) is 17.8 Å². The molecule has 0 radical (unpaired) electrons. The van der Waals surface area contributed by atoms with E-state index in [1.807, 2.05) is 30.5 Å². The van der Waals surface area contributed by atoms with Crippen molar-refractivity contribution in [2.45, 2.75) is 20.3 Å². The highest BCUT2D eigenvalue weighted by Crippen LogP contribution is 2.23. The predicted octanol–water partition coefficient (Wildman–Crippen LogP) is 3.61. The number of aryl methyl sites for hydroxylation is 2. The van der Waals surface area contributed by atoms with Gasteiger partial charge in [-0.3, -0.25) is 14.2 Å². The number of pyridine rings is 2. The minimum atomic E-state index is -0.185. The molecule has 0 bridgehead atoms. The SMILES string of the molecule is CCc1nc2c(Br)cc(C)cn2c1C(=O)Nc1cccnc1. The molecule has 0 aliphatic rings. The number of nitrogens with one attached hydrogen (secondary N) is 1. The smallest absolute Gasteiger partial charge is 0.274 e. The number of imidazole rings is 1. The van der Waals surface area contributed by atoms with Crippen LogP contribution in [-0.4, -0.2) is 20.3 Å². The monoisotopic (exact) mass is 358 g/mol. The van der Waals surface area contributed by atoms with Gasteiger partial charge < -0.3 is 5.32 Å². The van der Waals surface area contributed by atoms with Crippen molar-refractivity contribution in [3.63, 3.8) is 0 Å². The fourth-order valence-corrected chi connectivity index (χ4v) is 3.03. The van der Waals surface area contributed by atoms with Gasteiger partial charge in [0.2, 0.25) is 0 Å². The van der Waals surface area contributed by atoms with Crippen LogP contribution < -0.4 is 5.32 Å². The maximum absolute atomic E-state index is 12.7. The van der Waals surface area contributed by atoms with Crippen LogP contribution in [0, 0.1) is 6.92 Å². The second kappa shape index (κ2) is 5.88. The Bertz CT molecular complexity index is 842. The van der Waals surface area contributed by atoms with Gasteiger partial charge in [-0.1, -0.05) is 6.92 Å². The van der Waals surface area contributed by atoms with Crippen LogP contribution >= 0.6 is 15.9 Å². The molecule has 112 valence electrons. The largest absolute Gasteiger partial charge is 0.319 e. The maximum atomic E-state index is 12.7. The van der Waals surface area contributed by atoms with Gasteiger partial charge >= 0.3 is 0 Å². The topological polar surface area (TPSA) is 59.3 Å². The molecule has 0 saturated heterocycles. The number of amides is 1. The molecule has 0 aromatic carbocycles. The molecule has 0 aliphatic carbocycles. The van der Waals surface area contributed by atoms with Gasteiger partial charge in [-0.25, -0.2) is 4.98 Å². The number of halogens is 1. The quantitative estimate of drug-likeness (QED) is 0.777. The van der Waals surface area contributed by atoms with E-state index < -0.39 is 0 Å². The molecule has 22 heavy (non-hydrogen) atoms. The molecular weight excluding hydrogens is 344 g/mol. The lowest BCUT2D eigenvalue weighted by Gasteiger charge is -2.07. The average molecular weight is 359 g/mol. The number of nitrogens with zero attached hydrogens (tertiary/aromatic N) is 3. The summed E-state index contributed by atoms with van der Waals surface area (Å²) < 4.78 is 2.71. The number of hydrogen-bond donors (Lipinski definition) is 1. The molecule has 0 unspecified atom stereocenters. The highest BCUT2D eigenvalue weighted by atomic mass is 79.9. The zero-order valence-electron chi connectivity index (χ0n) is 12.3. The zero-order chi connectivity index (χ0) is 15.7. The molecule has 3 aromatic rings. The van der Waals surface area contributed by atoms with Gasteiger partial charge in [0, 0.05) is 12.4 Å². The van der Waals surface area contributed by atoms with Crippen molar-refractivity contribution in [2.75, 3.05) is 5.32 Å². The molecule has 0 spiro atoms. The van der Waals surface area contributed by atoms with E-state index in [1.54, 1.807) is 24.5 Å². The second-order valence-corrected chi connectivity index (χ2v) is 5.87. The first kappa shape index (κ1) is 14.7. The summed E-state index contributed by atoms with van der Waals surface area (Å²) in [5.74, 6) is -0.185. The number of fused-ring (bicyclic) bond motifs is 1. The van der Waals surface area contributed by atoms with E-state index in [-0.39, 0.29) is 5.91 Å². The number of hydrogen-bond acceptors (Lipinski definition) is 3. The Kier molecular flexibility index (Phi) is 3.94. The number of carbonyl (C=O) groups is 1. The van der Waals surface area contributed by atoms with Crippen LogP contribution in [0.4, 0.5) is 5.69 Å². The number of rotatable bonds is 3. The third-order valence-corrected chi connectivity index (χ3v) is 3.94. The van der Waals surface area contributed by atoms with Crippen LogP contribution in [0.2, 0.25) is 0 Å². The van der Waals surface area contributed by atoms with Gasteiger partial charge in [-0.2, -0.15) is 0 Å². The third kappa shape index (κ3) is 2.62. The Morgan fingerprint density at radius 3 is 2.95 bits per heavy atom. The minimum Gasteiger partial charge on any atom is -0.319 e. The molecule has 1 amide bonds. The molecule has 3 rings (SSSR count). The van der Waals surface area contributed by atoms with Crippen LogP contribution in [0.5, 0.6) is 0 Å². The summed E-state index contributed by atoms with van der Waals surface area (Å²) in [5.41, 5.74) is 3.79. The standard InChI is InChI=1S/C16H15BrN4O/c1-3-13-14(16(22)19-11-5-4-6-18-8-11)21-9-10(2)7-12(17)15(21)20-13/h4-9H,3H2,1-2H3,(H,19,22). The first-order valence-electron chi connectivity index (χ1n) is 6.98. The fourth-order valence-electron chi connectivity index (χ4n) is 2.39. The van der Waals surface area contributed by atoms with Crippen molar-refractivity contribution in [1.82, 2.24) is 14.4 Å². The molecule has 6 heteroatoms. The summed E-state index contributed by atoms with van der Waals surface area (Å²) in [6, 6.07) is 5.58. The second-order valence-electron chi connectivity index (χ2n) is 5.02. The first-order valence-corrected chi connectivity index (χ1v) is 7.78. The van der Waals surface area contributed by atoms with Crippen LogP contribution in [0.25, 0.3) is 5.65 Å². The van der Waals surface area contributed by atoms with Crippen molar-refractivity contribution in [3.8, 4) is 0 Å². The van der Waals surface area contributed by atoms with Gasteiger partial charge in [0.05, 0.1) is 22.1 Å². The lowest BCUT2D eigenvalue weighted by atomic mass is 10.2. The van der Waals surface area contributed by atoms with Crippen LogP contribution in [0.15, 0.2) is 41.3 Å². The average Bonchev–Trinajstić information content (AvgIpc) is 2.87. The van der Waals surface area contributed by atoms with Crippen LogP contribution in [0.1, 0.15) is 28.7 Å². The Balaban J connectivity index is 2.10. The highest BCUT2D eigenvalue weighted by molar-refractivity contribution is 9.10. The Labute approximate surface area is 136 Å². The Morgan fingerprint density at radius 1 is 1.45 bits per heavy atom. The van der Waals surface area contributed by atoms with E-state index in [2.05, 4.69) is 31.2 Å². The summed E-state index contributed by atoms with van der Waals surface area (Å²) in [7, 11) is 0. The van der Waals surface area contributed by atoms with E-state index in [0.717, 1.165) is 21.4 Å². The van der Waals surface area contributed by atoms with E-state index >= 15 is 0 Å². The molecule has 0 atom stereocenters. The highest BCUT2D eigenvalue weighted by Gasteiger charge is 2.20. The van der Waals surface area contributed by atoms with Gasteiger partial charge in [0.15, 0.2) is 5.65 Å². The minimum absolute atomic E-state index is 0.185. The van der Waals surface area contributed by atoms with E-state index in [9.17, 15) is 4.79 Å². The summed E-state index contributed by atoms with van der Waals surface area (Å²) in [6.45, 7) is 3.97. The molecule has 5 nitrogen and oxygen atoms in total. The molecule has 3 heterocycles. The molecule has 0 fully saturated rings. The van der Waals surface area contributed by atoms with Crippen molar-refractivity contribution in [2.24, 2.45) is 0 Å². The van der Waals surface area contributed by atoms with E-state index in [4.69, 9.17) is 0 Å². The molecule has 1 N–H and O–H groups in total. The number of aromatic nitrogens is 3. The van der Waals surface area contributed by atoms with Crippen molar-refractivity contribution in [1.29, 1.82) is 0 Å².